The Balaban J connectivity index is 0.000000466. The molecule has 0 unspecified atom stereocenters. The van der Waals surface area contributed by atoms with Gasteiger partial charge in [0.2, 0.25) is 0 Å². The summed E-state index contributed by atoms with van der Waals surface area (Å²) in [6.45, 7) is 2.28. The Kier molecular flexibility index (Phi) is 6.11. The zero-order chi connectivity index (χ0) is 19.4. The molecule has 27 heavy (non-hydrogen) atoms. The first-order chi connectivity index (χ1) is 13.1. The summed E-state index contributed by atoms with van der Waals surface area (Å²) in [5.41, 5.74) is 1.58. The van der Waals surface area contributed by atoms with Gasteiger partial charge >= 0.3 is 0 Å². The quantitative estimate of drug-likeness (QED) is 0.502. The molecule has 1 aromatic carbocycles. The van der Waals surface area contributed by atoms with Gasteiger partial charge in [0, 0.05) is 24.2 Å². The number of hydrogen-bond acceptors (Lipinski definition) is 6. The van der Waals surface area contributed by atoms with E-state index < -0.39 is 5.82 Å². The molecule has 0 amide bonds. The number of aromatic nitrogens is 3. The zero-order valence-electron chi connectivity index (χ0n) is 15.9. The number of thioether (sulfide) groups is 1. The largest absolute Gasteiger partial charge is 0.494 e. The van der Waals surface area contributed by atoms with Crippen LogP contribution in [0.5, 0.6) is 5.75 Å². The predicted octanol–water partition coefficient (Wildman–Crippen LogP) is 5.02. The SMILES string of the molecule is CC1CC1.CNc1nc(-c2cccc(OC)c2F)cc2cnc(SC)nc12. The molecule has 2 heterocycles. The lowest BCUT2D eigenvalue weighted by atomic mass is 10.1. The number of halogens is 1. The molecule has 0 bridgehead atoms. The van der Waals surface area contributed by atoms with E-state index in [0.717, 1.165) is 11.3 Å². The fraction of sp³-hybridized carbons (Fsp3) is 0.350. The minimum absolute atomic E-state index is 0.185. The summed E-state index contributed by atoms with van der Waals surface area (Å²) in [5.74, 6) is 1.41. The number of nitrogens with one attached hydrogen (secondary N) is 1. The molecule has 7 heteroatoms. The third-order valence-electron chi connectivity index (χ3n) is 4.29. The van der Waals surface area contributed by atoms with Crippen molar-refractivity contribution in [2.75, 3.05) is 25.7 Å². The van der Waals surface area contributed by atoms with Crippen molar-refractivity contribution in [1.82, 2.24) is 15.0 Å². The lowest BCUT2D eigenvalue weighted by Gasteiger charge is -2.11. The van der Waals surface area contributed by atoms with Crippen molar-refractivity contribution < 1.29 is 9.13 Å². The topological polar surface area (TPSA) is 59.9 Å². The van der Waals surface area contributed by atoms with Crippen LogP contribution in [0, 0.1) is 11.7 Å². The van der Waals surface area contributed by atoms with Crippen molar-refractivity contribution in [2.24, 2.45) is 5.92 Å². The molecule has 1 fully saturated rings. The molecule has 1 N–H and O–H groups in total. The Bertz CT molecular complexity index is 947. The van der Waals surface area contributed by atoms with Crippen LogP contribution in [0.4, 0.5) is 10.2 Å². The monoisotopic (exact) mass is 386 g/mol. The molecule has 0 aliphatic heterocycles. The van der Waals surface area contributed by atoms with E-state index in [9.17, 15) is 4.39 Å². The summed E-state index contributed by atoms with van der Waals surface area (Å²) in [6, 6.07) is 6.75. The van der Waals surface area contributed by atoms with Crippen molar-refractivity contribution in [2.45, 2.75) is 24.9 Å². The maximum absolute atomic E-state index is 14.5. The Morgan fingerprint density at radius 2 is 2.00 bits per heavy atom. The summed E-state index contributed by atoms with van der Waals surface area (Å²) < 4.78 is 19.5. The number of pyridine rings is 1. The lowest BCUT2D eigenvalue weighted by Crippen LogP contribution is -2.00. The van der Waals surface area contributed by atoms with Gasteiger partial charge in [-0.2, -0.15) is 0 Å². The molecule has 4 rings (SSSR count). The third kappa shape index (κ3) is 4.47. The van der Waals surface area contributed by atoms with Crippen LogP contribution in [0.15, 0.2) is 35.6 Å². The van der Waals surface area contributed by atoms with Crippen molar-refractivity contribution >= 4 is 28.5 Å². The van der Waals surface area contributed by atoms with E-state index in [1.165, 1.54) is 31.7 Å². The second kappa shape index (κ2) is 8.52. The number of ether oxygens (including phenoxy) is 1. The van der Waals surface area contributed by atoms with Crippen LogP contribution in [-0.2, 0) is 0 Å². The molecule has 1 aliphatic carbocycles. The number of anilines is 1. The fourth-order valence-corrected chi connectivity index (χ4v) is 2.81. The average Bonchev–Trinajstić information content (AvgIpc) is 3.49. The molecule has 1 saturated carbocycles. The fourth-order valence-electron chi connectivity index (χ4n) is 2.47. The van der Waals surface area contributed by atoms with Gasteiger partial charge in [0.25, 0.3) is 0 Å². The van der Waals surface area contributed by atoms with Crippen LogP contribution >= 0.6 is 11.8 Å². The van der Waals surface area contributed by atoms with Gasteiger partial charge in [-0.3, -0.25) is 0 Å². The van der Waals surface area contributed by atoms with E-state index in [-0.39, 0.29) is 5.75 Å². The first-order valence-corrected chi connectivity index (χ1v) is 10.0. The highest BCUT2D eigenvalue weighted by Gasteiger charge is 2.15. The van der Waals surface area contributed by atoms with Gasteiger partial charge in [-0.1, -0.05) is 37.6 Å². The molecule has 2 aromatic heterocycles. The molecular weight excluding hydrogens is 363 g/mol. The van der Waals surface area contributed by atoms with Gasteiger partial charge in [0.1, 0.15) is 5.52 Å². The molecule has 1 aliphatic rings. The smallest absolute Gasteiger partial charge is 0.187 e. The highest BCUT2D eigenvalue weighted by molar-refractivity contribution is 7.98. The minimum atomic E-state index is -0.439. The van der Waals surface area contributed by atoms with Crippen molar-refractivity contribution in [1.29, 1.82) is 0 Å². The van der Waals surface area contributed by atoms with Gasteiger partial charge in [-0.05, 0) is 30.4 Å². The molecule has 0 spiro atoms. The molecule has 5 nitrogen and oxygen atoms in total. The van der Waals surface area contributed by atoms with E-state index in [4.69, 9.17) is 4.74 Å². The number of rotatable bonds is 4. The number of methoxy groups -OCH3 is 1. The second-order valence-electron chi connectivity index (χ2n) is 6.40. The van der Waals surface area contributed by atoms with Crippen LogP contribution < -0.4 is 10.1 Å². The summed E-state index contributed by atoms with van der Waals surface area (Å²) in [4.78, 5) is 13.2. The summed E-state index contributed by atoms with van der Waals surface area (Å²) in [6.07, 6.45) is 6.60. The van der Waals surface area contributed by atoms with Gasteiger partial charge in [0.05, 0.1) is 12.8 Å². The number of benzene rings is 1. The highest BCUT2D eigenvalue weighted by Crippen LogP contribution is 2.31. The predicted molar refractivity (Wildman–Crippen MR) is 109 cm³/mol. The third-order valence-corrected chi connectivity index (χ3v) is 4.85. The van der Waals surface area contributed by atoms with Crippen molar-refractivity contribution in [3.8, 4) is 17.0 Å². The van der Waals surface area contributed by atoms with Crippen LogP contribution in [0.25, 0.3) is 22.2 Å². The van der Waals surface area contributed by atoms with Gasteiger partial charge in [-0.15, -0.1) is 0 Å². The van der Waals surface area contributed by atoms with Crippen LogP contribution in [0.2, 0.25) is 0 Å². The van der Waals surface area contributed by atoms with Crippen LogP contribution in [0.1, 0.15) is 19.8 Å². The number of hydrogen-bond donors (Lipinski definition) is 1. The summed E-state index contributed by atoms with van der Waals surface area (Å²) >= 11 is 1.46. The first-order valence-electron chi connectivity index (χ1n) is 8.79. The second-order valence-corrected chi connectivity index (χ2v) is 7.18. The Labute approximate surface area is 162 Å². The Morgan fingerprint density at radius 3 is 2.59 bits per heavy atom. The van der Waals surface area contributed by atoms with Crippen molar-refractivity contribution in [3.05, 3.63) is 36.3 Å². The van der Waals surface area contributed by atoms with Gasteiger partial charge in [0.15, 0.2) is 22.5 Å². The Hall–Kier alpha value is -2.41. The summed E-state index contributed by atoms with van der Waals surface area (Å²) in [7, 11) is 3.20. The van der Waals surface area contributed by atoms with E-state index in [2.05, 4.69) is 27.2 Å². The van der Waals surface area contributed by atoms with Crippen molar-refractivity contribution in [3.63, 3.8) is 0 Å². The average molecular weight is 386 g/mol. The van der Waals surface area contributed by atoms with Crippen LogP contribution in [0.3, 0.4) is 0 Å². The maximum atomic E-state index is 14.5. The van der Waals surface area contributed by atoms with Gasteiger partial charge in [-0.25, -0.2) is 19.3 Å². The Morgan fingerprint density at radius 1 is 1.26 bits per heavy atom. The van der Waals surface area contributed by atoms with E-state index >= 15 is 0 Å². The molecule has 0 radical (unpaired) electrons. The lowest BCUT2D eigenvalue weighted by molar-refractivity contribution is 0.387. The van der Waals surface area contributed by atoms with E-state index in [1.807, 2.05) is 6.26 Å². The van der Waals surface area contributed by atoms with E-state index in [1.54, 1.807) is 37.5 Å². The normalized spacial score (nSPS) is 13.1. The number of nitrogens with zero attached hydrogens (tertiary/aromatic N) is 3. The molecule has 3 aromatic rings. The zero-order valence-corrected chi connectivity index (χ0v) is 16.7. The molecule has 0 saturated heterocycles. The van der Waals surface area contributed by atoms with E-state index in [0.29, 0.717) is 27.7 Å². The highest BCUT2D eigenvalue weighted by atomic mass is 32.2. The minimum Gasteiger partial charge on any atom is -0.494 e. The molecular formula is C20H23FN4OS. The standard InChI is InChI=1S/C16H15FN4OS.C4H8/c1-18-15-14-9(8-19-16(21-14)23-3)7-11(20-15)10-5-4-6-12(22-2)13(10)17;1-4-2-3-4/h4-8H,1-3H3,(H,18,20);4H,2-3H2,1H3. The number of fused-ring (bicyclic) bond motifs is 1. The molecule has 0 atom stereocenters. The van der Waals surface area contributed by atoms with Crippen LogP contribution in [-0.4, -0.2) is 35.4 Å². The first kappa shape index (κ1) is 19.4. The molecule has 142 valence electrons. The maximum Gasteiger partial charge on any atom is 0.187 e. The summed E-state index contributed by atoms with van der Waals surface area (Å²) in [5, 5.41) is 4.47. The van der Waals surface area contributed by atoms with Gasteiger partial charge < -0.3 is 10.1 Å².